The first kappa shape index (κ1) is 12.9. The fourth-order valence-corrected chi connectivity index (χ4v) is 1.81. The minimum Gasteiger partial charge on any atom is -0.496 e. The van der Waals surface area contributed by atoms with Crippen molar-refractivity contribution in [3.8, 4) is 5.75 Å². The molecule has 0 aliphatic rings. The summed E-state index contributed by atoms with van der Waals surface area (Å²) in [7, 11) is 1.49. The zero-order valence-corrected chi connectivity index (χ0v) is 9.83. The van der Waals surface area contributed by atoms with Gasteiger partial charge in [-0.2, -0.15) is 0 Å². The van der Waals surface area contributed by atoms with E-state index in [0.29, 0.717) is 11.3 Å². The molecule has 1 aromatic rings. The molecule has 0 aliphatic heterocycles. The molecule has 90 valence electrons. The van der Waals surface area contributed by atoms with E-state index in [2.05, 4.69) is 0 Å². The number of aliphatic hydroxyl groups excluding tert-OH is 1. The topological polar surface area (TPSA) is 55.5 Å². The molecule has 4 heteroatoms. The van der Waals surface area contributed by atoms with Crippen LogP contribution >= 0.6 is 0 Å². The Labute approximate surface area is 95.0 Å². The molecular formula is C12H18FNO2. The van der Waals surface area contributed by atoms with Gasteiger partial charge in [0.05, 0.1) is 19.8 Å². The van der Waals surface area contributed by atoms with E-state index in [0.717, 1.165) is 5.56 Å². The highest BCUT2D eigenvalue weighted by Gasteiger charge is 2.18. The van der Waals surface area contributed by atoms with E-state index in [9.17, 15) is 4.39 Å². The van der Waals surface area contributed by atoms with Crippen LogP contribution < -0.4 is 10.5 Å². The van der Waals surface area contributed by atoms with Crippen molar-refractivity contribution in [1.29, 1.82) is 0 Å². The molecule has 16 heavy (non-hydrogen) atoms. The van der Waals surface area contributed by atoms with Gasteiger partial charge >= 0.3 is 0 Å². The zero-order chi connectivity index (χ0) is 12.3. The van der Waals surface area contributed by atoms with Crippen molar-refractivity contribution >= 4 is 0 Å². The second-order valence-corrected chi connectivity index (χ2v) is 4.05. The molecule has 0 amide bonds. The number of aliphatic hydroxyl groups is 1. The molecule has 1 rings (SSSR count). The van der Waals surface area contributed by atoms with Crippen LogP contribution in [0.15, 0.2) is 12.1 Å². The van der Waals surface area contributed by atoms with Crippen LogP contribution in [0.5, 0.6) is 5.75 Å². The molecule has 3 N–H and O–H groups in total. The van der Waals surface area contributed by atoms with Gasteiger partial charge in [0, 0.05) is 11.6 Å². The average Bonchev–Trinajstić information content (AvgIpc) is 2.26. The molecule has 0 radical (unpaired) electrons. The molecule has 0 heterocycles. The summed E-state index contributed by atoms with van der Waals surface area (Å²) in [5, 5.41) is 9.06. The monoisotopic (exact) mass is 227 g/mol. The number of methoxy groups -OCH3 is 1. The molecule has 0 fully saturated rings. The fraction of sp³-hybridized carbons (Fsp3) is 0.500. The summed E-state index contributed by atoms with van der Waals surface area (Å²) >= 11 is 0. The van der Waals surface area contributed by atoms with Crippen molar-refractivity contribution in [3.63, 3.8) is 0 Å². The molecule has 3 nitrogen and oxygen atoms in total. The smallest absolute Gasteiger partial charge is 0.127 e. The fourth-order valence-electron chi connectivity index (χ4n) is 1.81. The Morgan fingerprint density at radius 1 is 1.44 bits per heavy atom. The summed E-state index contributed by atoms with van der Waals surface area (Å²) in [5.74, 6) is 0.234. The summed E-state index contributed by atoms with van der Waals surface area (Å²) in [6.07, 6.45) is 0. The predicted octanol–water partition coefficient (Wildman–Crippen LogP) is 1.95. The van der Waals surface area contributed by atoms with Crippen LogP contribution in [0.1, 0.15) is 36.9 Å². The van der Waals surface area contributed by atoms with E-state index in [1.54, 1.807) is 0 Å². The number of hydrogen-bond donors (Lipinski definition) is 2. The van der Waals surface area contributed by atoms with Crippen molar-refractivity contribution in [2.45, 2.75) is 25.8 Å². The van der Waals surface area contributed by atoms with Crippen molar-refractivity contribution in [3.05, 3.63) is 29.1 Å². The van der Waals surface area contributed by atoms with E-state index in [4.69, 9.17) is 15.6 Å². The number of ether oxygens (including phenoxy) is 1. The van der Waals surface area contributed by atoms with Crippen molar-refractivity contribution in [1.82, 2.24) is 0 Å². The Morgan fingerprint density at radius 2 is 2.06 bits per heavy atom. The van der Waals surface area contributed by atoms with Gasteiger partial charge in [-0.25, -0.2) is 4.39 Å². The Bertz CT molecular complexity index is 366. The van der Waals surface area contributed by atoms with Gasteiger partial charge in [-0.3, -0.25) is 0 Å². The Kier molecular flexibility index (Phi) is 4.26. The van der Waals surface area contributed by atoms with E-state index >= 15 is 0 Å². The van der Waals surface area contributed by atoms with Gasteiger partial charge in [-0.15, -0.1) is 0 Å². The number of benzene rings is 1. The summed E-state index contributed by atoms with van der Waals surface area (Å²) < 4.78 is 18.5. The average molecular weight is 227 g/mol. The molecule has 1 atom stereocenters. The van der Waals surface area contributed by atoms with Crippen LogP contribution in [0.2, 0.25) is 0 Å². The van der Waals surface area contributed by atoms with Crippen LogP contribution in [-0.2, 0) is 0 Å². The highest BCUT2D eigenvalue weighted by atomic mass is 19.1. The standard InChI is InChI=1S/C12H18FNO2/c1-7(2)12-9(10(14)6-15)4-8(13)5-11(12)16-3/h4-5,7,10,15H,6,14H2,1-3H3. The largest absolute Gasteiger partial charge is 0.496 e. The summed E-state index contributed by atoms with van der Waals surface area (Å²) in [6.45, 7) is 3.74. The van der Waals surface area contributed by atoms with Crippen molar-refractivity contribution < 1.29 is 14.2 Å². The molecule has 0 bridgehead atoms. The quantitative estimate of drug-likeness (QED) is 0.826. The lowest BCUT2D eigenvalue weighted by atomic mass is 9.92. The van der Waals surface area contributed by atoms with Crippen LogP contribution in [0, 0.1) is 5.82 Å². The maximum absolute atomic E-state index is 13.3. The lowest BCUT2D eigenvalue weighted by molar-refractivity contribution is 0.266. The lowest BCUT2D eigenvalue weighted by Crippen LogP contribution is -2.18. The molecule has 1 unspecified atom stereocenters. The second-order valence-electron chi connectivity index (χ2n) is 4.05. The van der Waals surface area contributed by atoms with Crippen LogP contribution in [0.4, 0.5) is 4.39 Å². The maximum atomic E-state index is 13.3. The third kappa shape index (κ3) is 2.51. The second kappa shape index (κ2) is 5.27. The first-order valence-corrected chi connectivity index (χ1v) is 5.25. The SMILES string of the molecule is COc1cc(F)cc(C(N)CO)c1C(C)C. The van der Waals surface area contributed by atoms with Crippen LogP contribution in [-0.4, -0.2) is 18.8 Å². The number of hydrogen-bond acceptors (Lipinski definition) is 3. The number of halogens is 1. The summed E-state index contributed by atoms with van der Waals surface area (Å²) in [5.41, 5.74) is 7.21. The zero-order valence-electron chi connectivity index (χ0n) is 9.83. The van der Waals surface area contributed by atoms with Crippen molar-refractivity contribution in [2.24, 2.45) is 5.73 Å². The van der Waals surface area contributed by atoms with Gasteiger partial charge in [-0.05, 0) is 17.5 Å². The molecular weight excluding hydrogens is 209 g/mol. The normalized spacial score (nSPS) is 12.9. The molecule has 0 saturated heterocycles. The van der Waals surface area contributed by atoms with Gasteiger partial charge in [0.15, 0.2) is 0 Å². The van der Waals surface area contributed by atoms with Gasteiger partial charge in [0.2, 0.25) is 0 Å². The number of nitrogens with two attached hydrogens (primary N) is 1. The molecule has 0 saturated carbocycles. The predicted molar refractivity (Wildman–Crippen MR) is 61.1 cm³/mol. The first-order valence-electron chi connectivity index (χ1n) is 5.25. The van der Waals surface area contributed by atoms with Gasteiger partial charge in [0.25, 0.3) is 0 Å². The minimum atomic E-state index is -0.581. The number of rotatable bonds is 4. The molecule has 0 aliphatic carbocycles. The van der Waals surface area contributed by atoms with E-state index in [1.165, 1.54) is 19.2 Å². The maximum Gasteiger partial charge on any atom is 0.127 e. The highest BCUT2D eigenvalue weighted by Crippen LogP contribution is 2.33. The van der Waals surface area contributed by atoms with Gasteiger partial charge < -0.3 is 15.6 Å². The minimum absolute atomic E-state index is 0.156. The summed E-state index contributed by atoms with van der Waals surface area (Å²) in [6, 6.07) is 2.11. The highest BCUT2D eigenvalue weighted by molar-refractivity contribution is 5.44. The Morgan fingerprint density at radius 3 is 2.50 bits per heavy atom. The van der Waals surface area contributed by atoms with Crippen molar-refractivity contribution in [2.75, 3.05) is 13.7 Å². The Hall–Kier alpha value is -1.13. The van der Waals surface area contributed by atoms with Crippen LogP contribution in [0.3, 0.4) is 0 Å². The molecule has 0 spiro atoms. The van der Waals surface area contributed by atoms with Crippen LogP contribution in [0.25, 0.3) is 0 Å². The molecule has 0 aromatic heterocycles. The van der Waals surface area contributed by atoms with E-state index in [-0.39, 0.29) is 12.5 Å². The van der Waals surface area contributed by atoms with Gasteiger partial charge in [0.1, 0.15) is 11.6 Å². The third-order valence-corrected chi connectivity index (χ3v) is 2.53. The van der Waals surface area contributed by atoms with E-state index < -0.39 is 11.9 Å². The van der Waals surface area contributed by atoms with Gasteiger partial charge in [-0.1, -0.05) is 13.8 Å². The first-order chi connectivity index (χ1) is 7.51. The molecule has 1 aromatic carbocycles. The summed E-state index contributed by atoms with van der Waals surface area (Å²) in [4.78, 5) is 0. The van der Waals surface area contributed by atoms with E-state index in [1.807, 2.05) is 13.8 Å². The lowest BCUT2D eigenvalue weighted by Gasteiger charge is -2.20. The Balaban J connectivity index is 3.38. The third-order valence-electron chi connectivity index (χ3n) is 2.53.